The second kappa shape index (κ2) is 7.88. The summed E-state index contributed by atoms with van der Waals surface area (Å²) in [6, 6.07) is 9.02. The first kappa shape index (κ1) is 17.1. The highest BCUT2D eigenvalue weighted by atomic mass is 16.7. The van der Waals surface area contributed by atoms with Crippen LogP contribution in [0.4, 0.5) is 11.4 Å². The molecule has 1 aliphatic rings. The monoisotopic (exact) mass is 341 g/mol. The van der Waals surface area contributed by atoms with Gasteiger partial charge in [0, 0.05) is 24.8 Å². The molecule has 0 aliphatic carbocycles. The number of aromatic nitrogens is 1. The van der Waals surface area contributed by atoms with Gasteiger partial charge in [0.25, 0.3) is 5.91 Å². The Hall–Kier alpha value is -2.76. The van der Waals surface area contributed by atoms with E-state index in [1.165, 1.54) is 0 Å². The Morgan fingerprint density at radius 2 is 1.88 bits per heavy atom. The van der Waals surface area contributed by atoms with Gasteiger partial charge in [0.1, 0.15) is 5.69 Å². The summed E-state index contributed by atoms with van der Waals surface area (Å²) in [5.74, 6) is 1.08. The van der Waals surface area contributed by atoms with Crippen LogP contribution in [0.2, 0.25) is 0 Å². The Morgan fingerprint density at radius 3 is 2.56 bits per heavy atom. The summed E-state index contributed by atoms with van der Waals surface area (Å²) in [5.41, 5.74) is 2.08. The average Bonchev–Trinajstić information content (AvgIpc) is 3.09. The van der Waals surface area contributed by atoms with Gasteiger partial charge in [0.2, 0.25) is 6.79 Å². The van der Waals surface area contributed by atoms with Crippen LogP contribution in [0.25, 0.3) is 0 Å². The second-order valence-corrected chi connectivity index (χ2v) is 5.91. The highest BCUT2D eigenvalue weighted by molar-refractivity contribution is 6.03. The number of hydrogen-bond acceptors (Lipinski definition) is 5. The number of fused-ring (bicyclic) bond motifs is 1. The van der Waals surface area contributed by atoms with E-state index in [-0.39, 0.29) is 12.7 Å². The number of nitrogens with zero attached hydrogens (tertiary/aromatic N) is 2. The molecule has 0 fully saturated rings. The molecule has 0 spiro atoms. The number of amides is 1. The molecular weight excluding hydrogens is 318 g/mol. The van der Waals surface area contributed by atoms with E-state index >= 15 is 0 Å². The molecule has 25 heavy (non-hydrogen) atoms. The van der Waals surface area contributed by atoms with Crippen molar-refractivity contribution in [1.29, 1.82) is 0 Å². The minimum atomic E-state index is -0.247. The molecule has 0 bridgehead atoms. The number of anilines is 2. The Bertz CT molecular complexity index is 725. The average molecular weight is 341 g/mol. The van der Waals surface area contributed by atoms with Gasteiger partial charge in [-0.3, -0.25) is 4.79 Å². The van der Waals surface area contributed by atoms with Crippen LogP contribution in [0.3, 0.4) is 0 Å². The fourth-order valence-electron chi connectivity index (χ4n) is 2.79. The van der Waals surface area contributed by atoms with Gasteiger partial charge in [0.05, 0.1) is 11.9 Å². The quantitative estimate of drug-likeness (QED) is 0.832. The number of rotatable bonds is 7. The summed E-state index contributed by atoms with van der Waals surface area (Å²) in [6.07, 6.45) is 3.92. The van der Waals surface area contributed by atoms with Crippen molar-refractivity contribution in [3.63, 3.8) is 0 Å². The molecule has 132 valence electrons. The predicted molar refractivity (Wildman–Crippen MR) is 97.6 cm³/mol. The van der Waals surface area contributed by atoms with Crippen LogP contribution in [-0.2, 0) is 0 Å². The third-order valence-electron chi connectivity index (χ3n) is 3.96. The van der Waals surface area contributed by atoms with Crippen molar-refractivity contribution in [3.05, 3.63) is 42.2 Å². The Morgan fingerprint density at radius 1 is 1.12 bits per heavy atom. The van der Waals surface area contributed by atoms with Crippen molar-refractivity contribution >= 4 is 17.3 Å². The molecule has 2 heterocycles. The molecule has 1 aromatic carbocycles. The smallest absolute Gasteiger partial charge is 0.274 e. The number of ether oxygens (including phenoxy) is 2. The summed E-state index contributed by atoms with van der Waals surface area (Å²) in [4.78, 5) is 19.0. The normalized spacial score (nSPS) is 12.1. The molecule has 1 N–H and O–H groups in total. The number of nitrogens with one attached hydrogen (secondary N) is 1. The molecule has 0 saturated carbocycles. The van der Waals surface area contributed by atoms with Gasteiger partial charge in [-0.2, -0.15) is 0 Å². The first-order chi connectivity index (χ1) is 12.2. The summed E-state index contributed by atoms with van der Waals surface area (Å²) in [5, 5.41) is 2.84. The largest absolute Gasteiger partial charge is 0.454 e. The molecule has 1 aliphatic heterocycles. The Labute approximate surface area is 147 Å². The number of hydrogen-bond donors (Lipinski definition) is 1. The number of benzene rings is 1. The molecule has 2 aromatic rings. The molecular formula is C19H23N3O3. The van der Waals surface area contributed by atoms with E-state index in [9.17, 15) is 4.79 Å². The van der Waals surface area contributed by atoms with Crippen molar-refractivity contribution in [2.24, 2.45) is 0 Å². The molecule has 0 radical (unpaired) electrons. The molecule has 0 unspecified atom stereocenters. The van der Waals surface area contributed by atoms with E-state index in [1.807, 2.05) is 6.07 Å². The molecule has 0 atom stereocenters. The van der Waals surface area contributed by atoms with Crippen molar-refractivity contribution in [2.75, 3.05) is 30.1 Å². The highest BCUT2D eigenvalue weighted by Gasteiger charge is 2.15. The maximum absolute atomic E-state index is 12.4. The maximum atomic E-state index is 12.4. The zero-order valence-corrected chi connectivity index (χ0v) is 14.6. The lowest BCUT2D eigenvalue weighted by Crippen LogP contribution is -2.25. The van der Waals surface area contributed by atoms with E-state index in [1.54, 1.807) is 30.5 Å². The Kier molecular flexibility index (Phi) is 5.38. The Balaban J connectivity index is 1.68. The lowest BCUT2D eigenvalue weighted by Gasteiger charge is -2.23. The molecule has 1 aromatic heterocycles. The fourth-order valence-corrected chi connectivity index (χ4v) is 2.79. The van der Waals surface area contributed by atoms with Crippen LogP contribution < -0.4 is 19.7 Å². The predicted octanol–water partition coefficient (Wildman–Crippen LogP) is 3.69. The van der Waals surface area contributed by atoms with Crippen LogP contribution in [-0.4, -0.2) is 30.8 Å². The zero-order chi connectivity index (χ0) is 17.6. The van der Waals surface area contributed by atoms with Gasteiger partial charge in [-0.1, -0.05) is 13.8 Å². The summed E-state index contributed by atoms with van der Waals surface area (Å²) >= 11 is 0. The molecule has 6 heteroatoms. The zero-order valence-electron chi connectivity index (χ0n) is 14.6. The highest BCUT2D eigenvalue weighted by Crippen LogP contribution is 2.34. The van der Waals surface area contributed by atoms with E-state index in [2.05, 4.69) is 29.0 Å². The van der Waals surface area contributed by atoms with Crippen LogP contribution in [0.15, 0.2) is 36.5 Å². The summed E-state index contributed by atoms with van der Waals surface area (Å²) in [6.45, 7) is 6.49. The van der Waals surface area contributed by atoms with Crippen molar-refractivity contribution in [3.8, 4) is 11.5 Å². The van der Waals surface area contributed by atoms with E-state index in [4.69, 9.17) is 9.47 Å². The van der Waals surface area contributed by atoms with Gasteiger partial charge < -0.3 is 19.7 Å². The molecule has 6 nitrogen and oxygen atoms in total. The lowest BCUT2D eigenvalue weighted by molar-refractivity contribution is 0.102. The van der Waals surface area contributed by atoms with E-state index < -0.39 is 0 Å². The number of carbonyl (C=O) groups is 1. The lowest BCUT2D eigenvalue weighted by atomic mass is 10.2. The third-order valence-corrected chi connectivity index (χ3v) is 3.96. The van der Waals surface area contributed by atoms with E-state index in [0.29, 0.717) is 22.9 Å². The standard InChI is InChI=1S/C19H23N3O3/c1-3-9-22(10-4-2)15-6-7-16(20-12-15)19(23)21-14-5-8-17-18(11-14)25-13-24-17/h5-8,11-12H,3-4,9-10,13H2,1-2H3,(H,21,23). The van der Waals surface area contributed by atoms with Crippen LogP contribution in [0.1, 0.15) is 37.2 Å². The topological polar surface area (TPSA) is 63.7 Å². The van der Waals surface area contributed by atoms with Crippen LogP contribution in [0, 0.1) is 0 Å². The molecule has 1 amide bonds. The van der Waals surface area contributed by atoms with Crippen LogP contribution >= 0.6 is 0 Å². The SMILES string of the molecule is CCCN(CCC)c1ccc(C(=O)Nc2ccc3c(c2)OCO3)nc1. The fraction of sp³-hybridized carbons (Fsp3) is 0.368. The first-order valence-electron chi connectivity index (χ1n) is 8.63. The van der Waals surface area contributed by atoms with Gasteiger partial charge in [-0.15, -0.1) is 0 Å². The maximum Gasteiger partial charge on any atom is 0.274 e. The summed E-state index contributed by atoms with van der Waals surface area (Å²) in [7, 11) is 0. The van der Waals surface area contributed by atoms with Crippen molar-refractivity contribution in [2.45, 2.75) is 26.7 Å². The van der Waals surface area contributed by atoms with E-state index in [0.717, 1.165) is 31.6 Å². The second-order valence-electron chi connectivity index (χ2n) is 5.91. The molecule has 0 saturated heterocycles. The van der Waals surface area contributed by atoms with Crippen molar-refractivity contribution in [1.82, 2.24) is 4.98 Å². The number of pyridine rings is 1. The van der Waals surface area contributed by atoms with Crippen molar-refractivity contribution < 1.29 is 14.3 Å². The first-order valence-corrected chi connectivity index (χ1v) is 8.63. The minimum Gasteiger partial charge on any atom is -0.454 e. The minimum absolute atomic E-state index is 0.210. The summed E-state index contributed by atoms with van der Waals surface area (Å²) < 4.78 is 10.6. The van der Waals surface area contributed by atoms with Crippen LogP contribution in [0.5, 0.6) is 11.5 Å². The van der Waals surface area contributed by atoms with Gasteiger partial charge in [-0.25, -0.2) is 4.98 Å². The number of carbonyl (C=O) groups excluding carboxylic acids is 1. The van der Waals surface area contributed by atoms with Gasteiger partial charge in [-0.05, 0) is 37.1 Å². The van der Waals surface area contributed by atoms with Gasteiger partial charge >= 0.3 is 0 Å². The molecule has 3 rings (SSSR count). The third kappa shape index (κ3) is 4.02. The van der Waals surface area contributed by atoms with Gasteiger partial charge in [0.15, 0.2) is 11.5 Å².